The fourth-order valence-electron chi connectivity index (χ4n) is 1.96. The molecule has 6 nitrogen and oxygen atoms in total. The number of ether oxygens (including phenoxy) is 3. The zero-order valence-corrected chi connectivity index (χ0v) is 12.7. The van der Waals surface area contributed by atoms with Crippen LogP contribution in [0.1, 0.15) is 38.4 Å². The van der Waals surface area contributed by atoms with Crippen LogP contribution in [0.4, 0.5) is 5.69 Å². The predicted octanol–water partition coefficient (Wildman–Crippen LogP) is 2.62. The molecular formula is C15H23NO5. The lowest BCUT2D eigenvalue weighted by atomic mass is 10.1. The summed E-state index contributed by atoms with van der Waals surface area (Å²) in [5.41, 5.74) is 7.42. The fourth-order valence-corrected chi connectivity index (χ4v) is 1.96. The third-order valence-electron chi connectivity index (χ3n) is 3.02. The van der Waals surface area contributed by atoms with Crippen molar-refractivity contribution < 1.29 is 24.1 Å². The lowest BCUT2D eigenvalue weighted by Gasteiger charge is -2.18. The van der Waals surface area contributed by atoms with Crippen LogP contribution in [0.25, 0.3) is 0 Å². The van der Waals surface area contributed by atoms with Gasteiger partial charge in [0.25, 0.3) is 0 Å². The first kappa shape index (κ1) is 17.1. The van der Waals surface area contributed by atoms with Gasteiger partial charge in [-0.25, -0.2) is 0 Å². The molecule has 1 atom stereocenters. The second kappa shape index (κ2) is 8.36. The maximum absolute atomic E-state index is 10.5. The first-order valence-corrected chi connectivity index (χ1v) is 6.93. The number of carboxylic acids is 1. The Morgan fingerprint density at radius 1 is 1.38 bits per heavy atom. The number of nitrogens with two attached hydrogens (primary N) is 1. The summed E-state index contributed by atoms with van der Waals surface area (Å²) in [6, 6.07) is 3.48. The molecule has 0 aromatic heterocycles. The quantitative estimate of drug-likeness (QED) is 0.538. The molecule has 0 saturated carbocycles. The van der Waals surface area contributed by atoms with Gasteiger partial charge >= 0.3 is 5.97 Å². The highest BCUT2D eigenvalue weighted by Crippen LogP contribution is 2.36. The van der Waals surface area contributed by atoms with Crippen LogP contribution in [0.2, 0.25) is 0 Å². The Kier molecular flexibility index (Phi) is 6.81. The lowest BCUT2D eigenvalue weighted by Crippen LogP contribution is -2.07. The maximum Gasteiger partial charge on any atom is 0.303 e. The molecule has 0 aliphatic carbocycles. The fraction of sp³-hybridized carbons (Fsp3) is 0.533. The minimum atomic E-state index is -0.842. The average molecular weight is 297 g/mol. The van der Waals surface area contributed by atoms with E-state index in [2.05, 4.69) is 0 Å². The van der Waals surface area contributed by atoms with Gasteiger partial charge in [0.2, 0.25) is 0 Å². The van der Waals surface area contributed by atoms with E-state index in [0.717, 1.165) is 5.56 Å². The lowest BCUT2D eigenvalue weighted by molar-refractivity contribution is -0.137. The third kappa shape index (κ3) is 5.15. The number of aliphatic carboxylic acids is 1. The van der Waals surface area contributed by atoms with Crippen LogP contribution in [-0.4, -0.2) is 31.4 Å². The standard InChI is InChI=1S/C15H23NO5/c1-4-20-10(2)11-8-13(19-3)14(9-12(11)16)21-7-5-6-15(17)18/h8-10H,4-7,16H2,1-3H3,(H,17,18). The highest BCUT2D eigenvalue weighted by molar-refractivity contribution is 5.66. The summed E-state index contributed by atoms with van der Waals surface area (Å²) >= 11 is 0. The molecule has 0 aliphatic heterocycles. The van der Waals surface area contributed by atoms with Crippen molar-refractivity contribution in [3.63, 3.8) is 0 Å². The molecule has 0 fully saturated rings. The van der Waals surface area contributed by atoms with Gasteiger partial charge in [0.1, 0.15) is 0 Å². The van der Waals surface area contributed by atoms with Crippen LogP contribution in [0.15, 0.2) is 12.1 Å². The van der Waals surface area contributed by atoms with Gasteiger partial charge in [0, 0.05) is 30.3 Å². The molecule has 0 bridgehead atoms. The van der Waals surface area contributed by atoms with E-state index in [1.54, 1.807) is 19.2 Å². The SMILES string of the molecule is CCOC(C)c1cc(OC)c(OCCCC(=O)O)cc1N. The van der Waals surface area contributed by atoms with Crippen molar-refractivity contribution in [2.75, 3.05) is 26.1 Å². The number of methoxy groups -OCH3 is 1. The largest absolute Gasteiger partial charge is 0.493 e. The molecular weight excluding hydrogens is 274 g/mol. The molecule has 3 N–H and O–H groups in total. The molecule has 0 heterocycles. The molecule has 6 heteroatoms. The Labute approximate surface area is 124 Å². The second-order valence-corrected chi connectivity index (χ2v) is 4.58. The van der Waals surface area contributed by atoms with Crippen molar-refractivity contribution in [3.8, 4) is 11.5 Å². The molecule has 1 unspecified atom stereocenters. The molecule has 0 radical (unpaired) electrons. The van der Waals surface area contributed by atoms with Gasteiger partial charge in [0.15, 0.2) is 11.5 Å². The number of hydrogen-bond acceptors (Lipinski definition) is 5. The van der Waals surface area contributed by atoms with Gasteiger partial charge in [-0.1, -0.05) is 0 Å². The van der Waals surface area contributed by atoms with Crippen molar-refractivity contribution in [2.45, 2.75) is 32.8 Å². The smallest absolute Gasteiger partial charge is 0.303 e. The van der Waals surface area contributed by atoms with Gasteiger partial charge in [-0.05, 0) is 26.3 Å². The Hall–Kier alpha value is -1.95. The van der Waals surface area contributed by atoms with Gasteiger partial charge < -0.3 is 25.1 Å². The summed E-state index contributed by atoms with van der Waals surface area (Å²) in [6.45, 7) is 4.73. The molecule has 118 valence electrons. The molecule has 0 spiro atoms. The average Bonchev–Trinajstić information content (AvgIpc) is 2.43. The molecule has 21 heavy (non-hydrogen) atoms. The Balaban J connectivity index is 2.81. The Morgan fingerprint density at radius 2 is 2.10 bits per heavy atom. The normalized spacial score (nSPS) is 12.0. The van der Waals surface area contributed by atoms with Crippen molar-refractivity contribution >= 4 is 11.7 Å². The van der Waals surface area contributed by atoms with E-state index in [-0.39, 0.29) is 12.5 Å². The highest BCUT2D eigenvalue weighted by atomic mass is 16.5. The van der Waals surface area contributed by atoms with E-state index in [1.807, 2.05) is 13.8 Å². The molecule has 1 rings (SSSR count). The number of nitrogen functional groups attached to an aromatic ring is 1. The molecule has 0 amide bonds. The van der Waals surface area contributed by atoms with Crippen molar-refractivity contribution in [3.05, 3.63) is 17.7 Å². The van der Waals surface area contributed by atoms with Gasteiger partial charge in [-0.15, -0.1) is 0 Å². The van der Waals surface area contributed by atoms with E-state index in [9.17, 15) is 4.79 Å². The summed E-state index contributed by atoms with van der Waals surface area (Å²) in [5, 5.41) is 8.59. The number of hydrogen-bond donors (Lipinski definition) is 2. The highest BCUT2D eigenvalue weighted by Gasteiger charge is 2.15. The van der Waals surface area contributed by atoms with Crippen LogP contribution in [0, 0.1) is 0 Å². The molecule has 0 aliphatic rings. The second-order valence-electron chi connectivity index (χ2n) is 4.58. The molecule has 1 aromatic rings. The monoisotopic (exact) mass is 297 g/mol. The van der Waals surface area contributed by atoms with Crippen LogP contribution >= 0.6 is 0 Å². The Morgan fingerprint density at radius 3 is 2.67 bits per heavy atom. The van der Waals surface area contributed by atoms with Crippen molar-refractivity contribution in [1.29, 1.82) is 0 Å². The van der Waals surface area contributed by atoms with Gasteiger partial charge in [-0.3, -0.25) is 4.79 Å². The first-order chi connectivity index (χ1) is 9.99. The van der Waals surface area contributed by atoms with Gasteiger partial charge in [-0.2, -0.15) is 0 Å². The van der Waals surface area contributed by atoms with E-state index in [0.29, 0.717) is 36.8 Å². The van der Waals surface area contributed by atoms with Crippen LogP contribution in [0.5, 0.6) is 11.5 Å². The molecule has 1 aromatic carbocycles. The first-order valence-electron chi connectivity index (χ1n) is 6.93. The van der Waals surface area contributed by atoms with Crippen LogP contribution in [0.3, 0.4) is 0 Å². The Bertz CT molecular complexity index is 475. The van der Waals surface area contributed by atoms with E-state index < -0.39 is 5.97 Å². The van der Waals surface area contributed by atoms with E-state index >= 15 is 0 Å². The van der Waals surface area contributed by atoms with Crippen LogP contribution in [-0.2, 0) is 9.53 Å². The molecule has 0 saturated heterocycles. The predicted molar refractivity (Wildman–Crippen MR) is 79.8 cm³/mol. The number of carboxylic acid groups (broad SMARTS) is 1. The summed E-state index contributed by atoms with van der Waals surface area (Å²) in [6.07, 6.45) is 0.359. The number of rotatable bonds is 9. The summed E-state index contributed by atoms with van der Waals surface area (Å²) in [7, 11) is 1.55. The van der Waals surface area contributed by atoms with Crippen molar-refractivity contribution in [1.82, 2.24) is 0 Å². The topological polar surface area (TPSA) is 91.0 Å². The van der Waals surface area contributed by atoms with E-state index in [1.165, 1.54) is 0 Å². The number of carbonyl (C=O) groups is 1. The minimum absolute atomic E-state index is 0.0667. The summed E-state index contributed by atoms with van der Waals surface area (Å²) in [4.78, 5) is 10.5. The maximum atomic E-state index is 10.5. The van der Waals surface area contributed by atoms with Crippen LogP contribution < -0.4 is 15.2 Å². The summed E-state index contributed by atoms with van der Waals surface area (Å²) < 4.78 is 16.4. The van der Waals surface area contributed by atoms with Gasteiger partial charge in [0.05, 0.1) is 19.8 Å². The number of anilines is 1. The zero-order chi connectivity index (χ0) is 15.8. The summed E-state index contributed by atoms with van der Waals surface area (Å²) in [5.74, 6) is 0.222. The third-order valence-corrected chi connectivity index (χ3v) is 3.02. The van der Waals surface area contributed by atoms with Crippen molar-refractivity contribution in [2.24, 2.45) is 0 Å². The van der Waals surface area contributed by atoms with E-state index in [4.69, 9.17) is 25.1 Å². The number of benzene rings is 1. The zero-order valence-electron chi connectivity index (χ0n) is 12.7. The minimum Gasteiger partial charge on any atom is -0.493 e.